The number of rotatable bonds is 1. The molecule has 0 bridgehead atoms. The van der Waals surface area contributed by atoms with E-state index in [9.17, 15) is 0 Å². The van der Waals surface area contributed by atoms with Gasteiger partial charge in [-0.05, 0) is 31.2 Å². The van der Waals surface area contributed by atoms with Gasteiger partial charge >= 0.3 is 0 Å². The zero-order valence-corrected chi connectivity index (χ0v) is 10.6. The Morgan fingerprint density at radius 1 is 1.22 bits per heavy atom. The number of nitrogen functional groups attached to an aromatic ring is 1. The van der Waals surface area contributed by atoms with Crippen LogP contribution in [0.5, 0.6) is 0 Å². The molecule has 90 valence electrons. The molecule has 4 heteroatoms. The van der Waals surface area contributed by atoms with Crippen LogP contribution in [0, 0.1) is 6.92 Å². The molecule has 0 aliphatic rings. The van der Waals surface area contributed by atoms with Crippen molar-refractivity contribution in [2.45, 2.75) is 6.92 Å². The highest BCUT2D eigenvalue weighted by atomic mass is 35.5. The summed E-state index contributed by atoms with van der Waals surface area (Å²) in [4.78, 5) is 7.70. The molecule has 1 aromatic carbocycles. The van der Waals surface area contributed by atoms with Crippen molar-refractivity contribution in [2.75, 3.05) is 5.73 Å². The molecule has 3 nitrogen and oxygen atoms in total. The molecular formula is C14H12ClN3. The van der Waals surface area contributed by atoms with Crippen LogP contribution in [0.2, 0.25) is 5.02 Å². The first kappa shape index (κ1) is 11.1. The molecule has 0 unspecified atom stereocenters. The lowest BCUT2D eigenvalue weighted by Crippen LogP contribution is -1.88. The molecule has 2 heterocycles. The Morgan fingerprint density at radius 2 is 2.06 bits per heavy atom. The Kier molecular flexibility index (Phi) is 2.49. The summed E-state index contributed by atoms with van der Waals surface area (Å²) in [6.45, 7) is 2.03. The van der Waals surface area contributed by atoms with E-state index >= 15 is 0 Å². The lowest BCUT2D eigenvalue weighted by Gasteiger charge is -2.01. The maximum Gasteiger partial charge on any atom is 0.0727 e. The van der Waals surface area contributed by atoms with Crippen molar-refractivity contribution in [1.82, 2.24) is 9.97 Å². The molecule has 0 aliphatic carbocycles. The van der Waals surface area contributed by atoms with Crippen molar-refractivity contribution in [1.29, 1.82) is 0 Å². The van der Waals surface area contributed by atoms with E-state index in [1.165, 1.54) is 0 Å². The van der Waals surface area contributed by atoms with Crippen molar-refractivity contribution in [3.63, 3.8) is 0 Å². The molecule has 0 saturated heterocycles. The first-order valence-electron chi connectivity index (χ1n) is 5.65. The van der Waals surface area contributed by atoms with Gasteiger partial charge in [-0.25, -0.2) is 0 Å². The second kappa shape index (κ2) is 4.03. The summed E-state index contributed by atoms with van der Waals surface area (Å²) in [5, 5.41) is 1.84. The second-order valence-corrected chi connectivity index (χ2v) is 4.73. The predicted octanol–water partition coefficient (Wildman–Crippen LogP) is 3.77. The molecule has 0 saturated carbocycles. The molecule has 0 fully saturated rings. The number of pyridine rings is 1. The number of aromatic amines is 1. The Morgan fingerprint density at radius 3 is 2.78 bits per heavy atom. The third kappa shape index (κ3) is 1.73. The van der Waals surface area contributed by atoms with Gasteiger partial charge in [0.1, 0.15) is 0 Å². The van der Waals surface area contributed by atoms with E-state index in [2.05, 4.69) is 9.97 Å². The Labute approximate surface area is 110 Å². The second-order valence-electron chi connectivity index (χ2n) is 4.29. The molecule has 18 heavy (non-hydrogen) atoms. The van der Waals surface area contributed by atoms with Crippen molar-refractivity contribution < 1.29 is 0 Å². The molecule has 3 rings (SSSR count). The van der Waals surface area contributed by atoms with E-state index in [-0.39, 0.29) is 0 Å². The SMILES string of the molecule is Cc1[nH]c2cc(Cl)ccc2c1-c1ccc(N)cn1. The van der Waals surface area contributed by atoms with Crippen LogP contribution in [0.4, 0.5) is 5.69 Å². The maximum absolute atomic E-state index is 5.99. The quantitative estimate of drug-likeness (QED) is 0.697. The van der Waals surface area contributed by atoms with Gasteiger partial charge in [0.2, 0.25) is 0 Å². The summed E-state index contributed by atoms with van der Waals surface area (Å²) < 4.78 is 0. The average molecular weight is 258 g/mol. The Bertz CT molecular complexity index is 714. The van der Waals surface area contributed by atoms with Crippen LogP contribution < -0.4 is 5.73 Å². The van der Waals surface area contributed by atoms with Crippen LogP contribution in [0.3, 0.4) is 0 Å². The van der Waals surface area contributed by atoms with Crippen LogP contribution in [0.25, 0.3) is 22.2 Å². The number of H-pyrrole nitrogens is 1. The van der Waals surface area contributed by atoms with Crippen LogP contribution >= 0.6 is 11.6 Å². The predicted molar refractivity (Wildman–Crippen MR) is 75.7 cm³/mol. The van der Waals surface area contributed by atoms with Gasteiger partial charge in [0, 0.05) is 27.2 Å². The number of hydrogen-bond acceptors (Lipinski definition) is 2. The molecular weight excluding hydrogens is 246 g/mol. The number of anilines is 1. The smallest absolute Gasteiger partial charge is 0.0727 e. The van der Waals surface area contributed by atoms with E-state index < -0.39 is 0 Å². The fourth-order valence-electron chi connectivity index (χ4n) is 2.19. The highest BCUT2D eigenvalue weighted by Gasteiger charge is 2.11. The van der Waals surface area contributed by atoms with Gasteiger partial charge in [-0.1, -0.05) is 17.7 Å². The van der Waals surface area contributed by atoms with Gasteiger partial charge in [0.25, 0.3) is 0 Å². The summed E-state index contributed by atoms with van der Waals surface area (Å²) in [7, 11) is 0. The van der Waals surface area contributed by atoms with E-state index in [0.717, 1.165) is 32.9 Å². The van der Waals surface area contributed by atoms with E-state index in [1.807, 2.05) is 37.3 Å². The fraction of sp³-hybridized carbons (Fsp3) is 0.0714. The number of benzene rings is 1. The van der Waals surface area contributed by atoms with Gasteiger partial charge < -0.3 is 10.7 Å². The summed E-state index contributed by atoms with van der Waals surface area (Å²) in [6.07, 6.45) is 1.67. The molecule has 0 amide bonds. The molecule has 0 radical (unpaired) electrons. The van der Waals surface area contributed by atoms with Crippen LogP contribution in [-0.4, -0.2) is 9.97 Å². The zero-order valence-electron chi connectivity index (χ0n) is 9.87. The van der Waals surface area contributed by atoms with E-state index in [4.69, 9.17) is 17.3 Å². The highest BCUT2D eigenvalue weighted by molar-refractivity contribution is 6.31. The third-order valence-electron chi connectivity index (χ3n) is 2.99. The average Bonchev–Trinajstić information content (AvgIpc) is 2.65. The monoisotopic (exact) mass is 257 g/mol. The first-order chi connectivity index (χ1) is 8.65. The molecule has 0 aliphatic heterocycles. The van der Waals surface area contributed by atoms with Crippen molar-refractivity contribution in [2.24, 2.45) is 0 Å². The number of hydrogen-bond donors (Lipinski definition) is 2. The third-order valence-corrected chi connectivity index (χ3v) is 3.23. The van der Waals surface area contributed by atoms with E-state index in [0.29, 0.717) is 5.69 Å². The van der Waals surface area contributed by atoms with Gasteiger partial charge in [0.15, 0.2) is 0 Å². The van der Waals surface area contributed by atoms with Crippen LogP contribution in [0.15, 0.2) is 36.5 Å². The van der Waals surface area contributed by atoms with E-state index in [1.54, 1.807) is 6.20 Å². The normalized spacial score (nSPS) is 11.0. The highest BCUT2D eigenvalue weighted by Crippen LogP contribution is 2.32. The fourth-order valence-corrected chi connectivity index (χ4v) is 2.36. The minimum atomic E-state index is 0.666. The Balaban J connectivity index is 2.28. The number of fused-ring (bicyclic) bond motifs is 1. The topological polar surface area (TPSA) is 54.7 Å². The number of nitrogens with zero attached hydrogens (tertiary/aromatic N) is 1. The van der Waals surface area contributed by atoms with Gasteiger partial charge in [-0.3, -0.25) is 4.98 Å². The maximum atomic E-state index is 5.99. The van der Waals surface area contributed by atoms with Crippen LogP contribution in [0.1, 0.15) is 5.69 Å². The number of nitrogens with two attached hydrogens (primary N) is 1. The van der Waals surface area contributed by atoms with Crippen molar-refractivity contribution in [3.8, 4) is 11.3 Å². The largest absolute Gasteiger partial charge is 0.397 e. The number of aryl methyl sites for hydroxylation is 1. The van der Waals surface area contributed by atoms with Gasteiger partial charge in [-0.2, -0.15) is 0 Å². The molecule has 0 spiro atoms. The van der Waals surface area contributed by atoms with Gasteiger partial charge in [0.05, 0.1) is 17.6 Å². The van der Waals surface area contributed by atoms with Gasteiger partial charge in [-0.15, -0.1) is 0 Å². The number of nitrogens with one attached hydrogen (secondary N) is 1. The molecule has 3 aromatic rings. The summed E-state index contributed by atoms with van der Waals surface area (Å²) in [5.74, 6) is 0. The lowest BCUT2D eigenvalue weighted by atomic mass is 10.1. The Hall–Kier alpha value is -2.00. The number of aromatic nitrogens is 2. The standard InChI is InChI=1S/C14H12ClN3/c1-8-14(12-5-3-10(16)7-17-12)11-4-2-9(15)6-13(11)18-8/h2-7,18H,16H2,1H3. The minimum absolute atomic E-state index is 0.666. The minimum Gasteiger partial charge on any atom is -0.397 e. The van der Waals surface area contributed by atoms with Crippen LogP contribution in [-0.2, 0) is 0 Å². The lowest BCUT2D eigenvalue weighted by molar-refractivity contribution is 1.27. The number of halogens is 1. The molecule has 2 aromatic heterocycles. The van der Waals surface area contributed by atoms with Crippen molar-refractivity contribution in [3.05, 3.63) is 47.2 Å². The summed E-state index contributed by atoms with van der Waals surface area (Å²) >= 11 is 5.99. The van der Waals surface area contributed by atoms with Crippen molar-refractivity contribution >= 4 is 28.2 Å². The summed E-state index contributed by atoms with van der Waals surface area (Å²) in [5.41, 5.74) is 10.4. The zero-order chi connectivity index (χ0) is 12.7. The first-order valence-corrected chi connectivity index (χ1v) is 6.02. The molecule has 0 atom stereocenters. The molecule has 3 N–H and O–H groups in total. The summed E-state index contributed by atoms with van der Waals surface area (Å²) in [6, 6.07) is 9.60.